The van der Waals surface area contributed by atoms with Gasteiger partial charge in [-0.3, -0.25) is 5.10 Å². The van der Waals surface area contributed by atoms with Gasteiger partial charge in [0.1, 0.15) is 0 Å². The fraction of sp³-hybridized carbons (Fsp3) is 0.625. The third kappa shape index (κ3) is 2.24. The first-order valence-electron chi connectivity index (χ1n) is 4.88. The Balaban J connectivity index is 2.10. The van der Waals surface area contributed by atoms with Gasteiger partial charge in [-0.2, -0.15) is 5.10 Å². The minimum Gasteiger partial charge on any atom is -0.378 e. The van der Waals surface area contributed by atoms with Gasteiger partial charge in [-0.05, 0) is 6.07 Å². The third-order valence-electron chi connectivity index (χ3n) is 2.53. The van der Waals surface area contributed by atoms with E-state index >= 15 is 0 Å². The lowest BCUT2D eigenvalue weighted by molar-refractivity contribution is 0.103. The van der Waals surface area contributed by atoms with Crippen molar-refractivity contribution in [3.63, 3.8) is 0 Å². The van der Waals surface area contributed by atoms with E-state index in [-0.39, 0.29) is 17.2 Å². The quantitative estimate of drug-likeness (QED) is 0.612. The second kappa shape index (κ2) is 4.50. The Bertz CT molecular complexity index is 430. The number of methoxy groups -OCH3 is 1. The summed E-state index contributed by atoms with van der Waals surface area (Å²) in [6.45, 7) is 1.21. The predicted octanol–water partition coefficient (Wildman–Crippen LogP) is -1.33. The molecule has 1 aliphatic rings. The standard InChI is InChI=1S/C8H14N4O3S/c1-15-7-5-9-4-6(7)12-16(13,14)8-2-3-10-11-8/h2-3,6-7,9,12H,4-5H2,1H3,(H,10,11)/t6?,7-/m0/s1. The number of aromatic amines is 1. The normalized spacial score (nSPS) is 26.1. The van der Waals surface area contributed by atoms with Gasteiger partial charge in [0.05, 0.1) is 18.3 Å². The topological polar surface area (TPSA) is 96.1 Å². The first-order valence-corrected chi connectivity index (χ1v) is 6.37. The molecular formula is C8H14N4O3S. The molecule has 1 saturated heterocycles. The Hall–Kier alpha value is -0.960. The summed E-state index contributed by atoms with van der Waals surface area (Å²) < 4.78 is 31.4. The summed E-state index contributed by atoms with van der Waals surface area (Å²) in [6.07, 6.45) is 1.26. The van der Waals surface area contributed by atoms with Gasteiger partial charge in [0.2, 0.25) is 0 Å². The molecule has 0 saturated carbocycles. The molecule has 3 N–H and O–H groups in total. The van der Waals surface area contributed by atoms with Crippen LogP contribution < -0.4 is 10.0 Å². The van der Waals surface area contributed by atoms with Crippen LogP contribution in [0.15, 0.2) is 17.3 Å². The zero-order chi connectivity index (χ0) is 11.6. The molecule has 7 nitrogen and oxygen atoms in total. The summed E-state index contributed by atoms with van der Waals surface area (Å²) in [4.78, 5) is 0. The van der Waals surface area contributed by atoms with Crippen LogP contribution in [0.4, 0.5) is 0 Å². The maximum atomic E-state index is 11.8. The van der Waals surface area contributed by atoms with Gasteiger partial charge in [0, 0.05) is 20.2 Å². The van der Waals surface area contributed by atoms with Crippen LogP contribution in [0.3, 0.4) is 0 Å². The van der Waals surface area contributed by atoms with Crippen molar-refractivity contribution in [2.75, 3.05) is 20.2 Å². The average molecular weight is 246 g/mol. The first kappa shape index (κ1) is 11.5. The number of sulfonamides is 1. The molecule has 2 rings (SSSR count). The van der Waals surface area contributed by atoms with E-state index in [1.54, 1.807) is 7.11 Å². The summed E-state index contributed by atoms with van der Waals surface area (Å²) in [5, 5.41) is 9.16. The van der Waals surface area contributed by atoms with Crippen LogP contribution >= 0.6 is 0 Å². The summed E-state index contributed by atoms with van der Waals surface area (Å²) in [7, 11) is -1.97. The van der Waals surface area contributed by atoms with Gasteiger partial charge in [-0.15, -0.1) is 0 Å². The highest BCUT2D eigenvalue weighted by Gasteiger charge is 2.31. The molecule has 2 heterocycles. The maximum Gasteiger partial charge on any atom is 0.257 e. The zero-order valence-electron chi connectivity index (χ0n) is 8.80. The molecule has 1 aromatic heterocycles. The van der Waals surface area contributed by atoms with Crippen molar-refractivity contribution in [3.8, 4) is 0 Å². The van der Waals surface area contributed by atoms with Crippen molar-refractivity contribution in [2.24, 2.45) is 0 Å². The van der Waals surface area contributed by atoms with Crippen molar-refractivity contribution < 1.29 is 13.2 Å². The van der Waals surface area contributed by atoms with E-state index in [2.05, 4.69) is 20.2 Å². The van der Waals surface area contributed by atoms with Gasteiger partial charge in [0.25, 0.3) is 10.0 Å². The highest BCUT2D eigenvalue weighted by molar-refractivity contribution is 7.89. The highest BCUT2D eigenvalue weighted by atomic mass is 32.2. The molecule has 1 aliphatic heterocycles. The summed E-state index contributed by atoms with van der Waals surface area (Å²) in [6, 6.07) is 1.16. The number of nitrogens with zero attached hydrogens (tertiary/aromatic N) is 1. The van der Waals surface area contributed by atoms with Gasteiger partial charge in [-0.25, -0.2) is 13.1 Å². The summed E-state index contributed by atoms with van der Waals surface area (Å²) in [5.41, 5.74) is 0. The van der Waals surface area contributed by atoms with Gasteiger partial charge in [0.15, 0.2) is 5.03 Å². The molecule has 0 radical (unpaired) electrons. The molecule has 1 fully saturated rings. The molecule has 8 heteroatoms. The minimum absolute atomic E-state index is 0.0641. The molecule has 0 amide bonds. The number of ether oxygens (including phenoxy) is 1. The van der Waals surface area contributed by atoms with Crippen LogP contribution in [0.5, 0.6) is 0 Å². The second-order valence-corrected chi connectivity index (χ2v) is 5.26. The molecule has 0 bridgehead atoms. The third-order valence-corrected chi connectivity index (χ3v) is 3.95. The van der Waals surface area contributed by atoms with Gasteiger partial charge < -0.3 is 10.1 Å². The number of nitrogens with one attached hydrogen (secondary N) is 3. The number of H-pyrrole nitrogens is 1. The van der Waals surface area contributed by atoms with E-state index in [4.69, 9.17) is 4.74 Å². The van der Waals surface area contributed by atoms with Crippen molar-refractivity contribution in [1.82, 2.24) is 20.2 Å². The molecule has 0 spiro atoms. The van der Waals surface area contributed by atoms with Crippen molar-refractivity contribution in [1.29, 1.82) is 0 Å². The Kier molecular flexibility index (Phi) is 3.24. The molecule has 2 atom stereocenters. The summed E-state index contributed by atoms with van der Waals surface area (Å²) >= 11 is 0. The fourth-order valence-electron chi connectivity index (χ4n) is 1.68. The molecule has 1 unspecified atom stereocenters. The second-order valence-electron chi connectivity index (χ2n) is 3.58. The van der Waals surface area contributed by atoms with E-state index in [1.165, 1.54) is 12.3 Å². The van der Waals surface area contributed by atoms with Crippen LogP contribution in [0.25, 0.3) is 0 Å². The van der Waals surface area contributed by atoms with E-state index in [0.29, 0.717) is 13.1 Å². The Labute approximate surface area is 93.6 Å². The molecular weight excluding hydrogens is 232 g/mol. The van der Waals surface area contributed by atoms with Crippen LogP contribution in [0, 0.1) is 0 Å². The SMILES string of the molecule is CO[C@H]1CNCC1NS(=O)(=O)c1ccn[nH]1. The molecule has 16 heavy (non-hydrogen) atoms. The van der Waals surface area contributed by atoms with Crippen LogP contribution in [0.1, 0.15) is 0 Å². The number of hydrogen-bond donors (Lipinski definition) is 3. The highest BCUT2D eigenvalue weighted by Crippen LogP contribution is 2.09. The molecule has 90 valence electrons. The van der Waals surface area contributed by atoms with Crippen molar-refractivity contribution >= 4 is 10.0 Å². The minimum atomic E-state index is -3.53. The van der Waals surface area contributed by atoms with Crippen molar-refractivity contribution in [3.05, 3.63) is 12.3 Å². The smallest absolute Gasteiger partial charge is 0.257 e. The van der Waals surface area contributed by atoms with Gasteiger partial charge in [-0.1, -0.05) is 0 Å². The van der Waals surface area contributed by atoms with Gasteiger partial charge >= 0.3 is 0 Å². The van der Waals surface area contributed by atoms with E-state index < -0.39 is 10.0 Å². The number of rotatable bonds is 4. The monoisotopic (exact) mass is 246 g/mol. The van der Waals surface area contributed by atoms with Crippen molar-refractivity contribution in [2.45, 2.75) is 17.2 Å². The van der Waals surface area contributed by atoms with Crippen LogP contribution in [0.2, 0.25) is 0 Å². The molecule has 0 aromatic carbocycles. The summed E-state index contributed by atoms with van der Waals surface area (Å²) in [5.74, 6) is 0. The maximum absolute atomic E-state index is 11.8. The molecule has 1 aromatic rings. The fourth-order valence-corrected chi connectivity index (χ4v) is 2.85. The van der Waals surface area contributed by atoms with Crippen LogP contribution in [-0.2, 0) is 14.8 Å². The number of aromatic nitrogens is 2. The number of hydrogen-bond acceptors (Lipinski definition) is 5. The Morgan fingerprint density at radius 2 is 2.38 bits per heavy atom. The Morgan fingerprint density at radius 1 is 1.56 bits per heavy atom. The lowest BCUT2D eigenvalue weighted by Crippen LogP contribution is -2.43. The van der Waals surface area contributed by atoms with E-state index in [1.807, 2.05) is 0 Å². The lowest BCUT2D eigenvalue weighted by Gasteiger charge is -2.17. The predicted molar refractivity (Wildman–Crippen MR) is 56.4 cm³/mol. The lowest BCUT2D eigenvalue weighted by atomic mass is 10.2. The Morgan fingerprint density at radius 3 is 3.00 bits per heavy atom. The first-order chi connectivity index (χ1) is 7.63. The van der Waals surface area contributed by atoms with Crippen LogP contribution in [-0.4, -0.2) is 51.0 Å². The largest absolute Gasteiger partial charge is 0.378 e. The zero-order valence-corrected chi connectivity index (χ0v) is 9.62. The van der Waals surface area contributed by atoms with E-state index in [0.717, 1.165) is 0 Å². The molecule has 0 aliphatic carbocycles. The average Bonchev–Trinajstić information content (AvgIpc) is 2.86. The van der Waals surface area contributed by atoms with E-state index in [9.17, 15) is 8.42 Å².